The third-order valence-electron chi connectivity index (χ3n) is 3.27. The number of hydrogen-bond acceptors (Lipinski definition) is 5. The summed E-state index contributed by atoms with van der Waals surface area (Å²) in [7, 11) is 4.40. The molecule has 116 valence electrons. The largest absolute Gasteiger partial charge is 0.493 e. The highest BCUT2D eigenvalue weighted by Gasteiger charge is 2.34. The molecule has 21 heavy (non-hydrogen) atoms. The molecule has 1 unspecified atom stereocenters. The average molecular weight is 296 g/mol. The van der Waals surface area contributed by atoms with Crippen LogP contribution in [0.3, 0.4) is 0 Å². The number of aliphatic carboxylic acids is 1. The molecule has 0 aliphatic rings. The first-order chi connectivity index (χ1) is 9.94. The minimum Gasteiger partial charge on any atom is -0.493 e. The van der Waals surface area contributed by atoms with Crippen molar-refractivity contribution in [1.82, 2.24) is 0 Å². The molecule has 6 nitrogen and oxygen atoms in total. The summed E-state index contributed by atoms with van der Waals surface area (Å²) in [5, 5.41) is 18.4. The lowest BCUT2D eigenvalue weighted by Crippen LogP contribution is -2.30. The fraction of sp³-hybridized carbons (Fsp3) is 0.400. The van der Waals surface area contributed by atoms with Gasteiger partial charge in [0, 0.05) is 0 Å². The Labute approximate surface area is 123 Å². The predicted octanol–water partition coefficient (Wildman–Crippen LogP) is 1.60. The van der Waals surface area contributed by atoms with E-state index in [1.165, 1.54) is 40.4 Å². The van der Waals surface area contributed by atoms with Crippen LogP contribution in [0.5, 0.6) is 17.2 Å². The average Bonchev–Trinajstić information content (AvgIpc) is 2.50. The first kappa shape index (κ1) is 16.8. The molecule has 1 aromatic carbocycles. The van der Waals surface area contributed by atoms with Gasteiger partial charge in [-0.15, -0.1) is 0 Å². The topological polar surface area (TPSA) is 85.2 Å². The Morgan fingerprint density at radius 1 is 1.19 bits per heavy atom. The van der Waals surface area contributed by atoms with Crippen LogP contribution in [0.15, 0.2) is 24.3 Å². The van der Waals surface area contributed by atoms with Crippen molar-refractivity contribution in [3.63, 3.8) is 0 Å². The lowest BCUT2D eigenvalue weighted by atomic mass is 9.82. The van der Waals surface area contributed by atoms with Gasteiger partial charge in [0.1, 0.15) is 5.41 Å². The lowest BCUT2D eigenvalue weighted by molar-refractivity contribution is -0.141. The molecule has 0 aliphatic heterocycles. The number of rotatable bonds is 7. The van der Waals surface area contributed by atoms with Gasteiger partial charge < -0.3 is 24.4 Å². The molecule has 0 saturated carbocycles. The Balaban J connectivity index is 3.53. The Morgan fingerprint density at radius 3 is 2.05 bits per heavy atom. The highest BCUT2D eigenvalue weighted by molar-refractivity contribution is 5.84. The van der Waals surface area contributed by atoms with E-state index in [0.717, 1.165) is 0 Å². The van der Waals surface area contributed by atoms with E-state index in [9.17, 15) is 9.90 Å². The van der Waals surface area contributed by atoms with Crippen molar-refractivity contribution in [2.45, 2.75) is 12.3 Å². The quantitative estimate of drug-likeness (QED) is 0.743. The van der Waals surface area contributed by atoms with Crippen LogP contribution in [0.1, 0.15) is 12.5 Å². The van der Waals surface area contributed by atoms with Crippen LogP contribution in [0.25, 0.3) is 0 Å². The molecule has 0 fully saturated rings. The van der Waals surface area contributed by atoms with Crippen LogP contribution < -0.4 is 14.2 Å². The number of ether oxygens (including phenoxy) is 3. The van der Waals surface area contributed by atoms with Gasteiger partial charge in [-0.2, -0.15) is 0 Å². The number of hydrogen-bond donors (Lipinski definition) is 2. The van der Waals surface area contributed by atoms with E-state index in [1.807, 2.05) is 0 Å². The second-order valence-corrected chi connectivity index (χ2v) is 4.51. The number of carboxylic acids is 1. The van der Waals surface area contributed by atoms with Crippen molar-refractivity contribution >= 4 is 5.97 Å². The number of carbonyl (C=O) groups is 1. The van der Waals surface area contributed by atoms with Crippen LogP contribution in [-0.4, -0.2) is 44.1 Å². The molecule has 0 saturated heterocycles. The lowest BCUT2D eigenvalue weighted by Gasteiger charge is -2.24. The molecule has 0 amide bonds. The third-order valence-corrected chi connectivity index (χ3v) is 3.27. The minimum atomic E-state index is -1.32. The van der Waals surface area contributed by atoms with Crippen LogP contribution >= 0.6 is 0 Å². The predicted molar refractivity (Wildman–Crippen MR) is 77.3 cm³/mol. The number of methoxy groups -OCH3 is 3. The molecule has 0 radical (unpaired) electrons. The maximum Gasteiger partial charge on any atom is 0.317 e. The van der Waals surface area contributed by atoms with E-state index in [4.69, 9.17) is 19.3 Å². The Hall–Kier alpha value is -2.21. The molecular weight excluding hydrogens is 276 g/mol. The number of carboxylic acid groups (broad SMARTS) is 1. The zero-order valence-corrected chi connectivity index (χ0v) is 12.5. The molecule has 0 bridgehead atoms. The minimum absolute atomic E-state index is 0.243. The first-order valence-corrected chi connectivity index (χ1v) is 6.27. The van der Waals surface area contributed by atoms with Gasteiger partial charge in [0.25, 0.3) is 0 Å². The van der Waals surface area contributed by atoms with Gasteiger partial charge in [-0.3, -0.25) is 4.79 Å². The van der Waals surface area contributed by atoms with Gasteiger partial charge in [0.15, 0.2) is 11.5 Å². The Morgan fingerprint density at radius 2 is 1.71 bits per heavy atom. The molecule has 1 atom stereocenters. The van der Waals surface area contributed by atoms with Crippen molar-refractivity contribution in [1.29, 1.82) is 0 Å². The fourth-order valence-corrected chi connectivity index (χ4v) is 1.96. The van der Waals surface area contributed by atoms with Gasteiger partial charge in [0.05, 0.1) is 27.9 Å². The fourth-order valence-electron chi connectivity index (χ4n) is 1.96. The molecule has 0 aliphatic carbocycles. The smallest absolute Gasteiger partial charge is 0.317 e. The van der Waals surface area contributed by atoms with E-state index < -0.39 is 11.4 Å². The summed E-state index contributed by atoms with van der Waals surface area (Å²) < 4.78 is 15.7. The summed E-state index contributed by atoms with van der Waals surface area (Å²) in [5.41, 5.74) is -0.871. The maximum absolute atomic E-state index is 11.6. The van der Waals surface area contributed by atoms with E-state index in [0.29, 0.717) is 22.8 Å². The Kier molecular flexibility index (Phi) is 5.60. The van der Waals surface area contributed by atoms with Crippen molar-refractivity contribution in [3.8, 4) is 17.2 Å². The monoisotopic (exact) mass is 296 g/mol. The van der Waals surface area contributed by atoms with Crippen molar-refractivity contribution in [2.24, 2.45) is 0 Å². The SMILES string of the molecule is COc1cc(C(C)(/C=C/CO)C(=O)O)cc(OC)c1OC. The summed E-state index contributed by atoms with van der Waals surface area (Å²) in [5.74, 6) is 0.0811. The van der Waals surface area contributed by atoms with E-state index in [2.05, 4.69) is 0 Å². The summed E-state index contributed by atoms with van der Waals surface area (Å²) in [6, 6.07) is 3.16. The second-order valence-electron chi connectivity index (χ2n) is 4.51. The Bertz CT molecular complexity index is 512. The molecule has 6 heteroatoms. The molecule has 0 spiro atoms. The maximum atomic E-state index is 11.6. The van der Waals surface area contributed by atoms with Crippen LogP contribution in [0.4, 0.5) is 0 Å². The molecule has 1 rings (SSSR count). The molecule has 0 heterocycles. The van der Waals surface area contributed by atoms with E-state index in [1.54, 1.807) is 12.1 Å². The first-order valence-electron chi connectivity index (χ1n) is 6.27. The van der Waals surface area contributed by atoms with E-state index >= 15 is 0 Å². The van der Waals surface area contributed by atoms with Gasteiger partial charge in [-0.05, 0) is 24.6 Å². The zero-order chi connectivity index (χ0) is 16.0. The standard InChI is InChI=1S/C15H20O6/c1-15(14(17)18,6-5-7-16)10-8-11(19-2)13(21-4)12(9-10)20-3/h5-6,8-9,16H,7H2,1-4H3,(H,17,18)/b6-5+. The zero-order valence-electron chi connectivity index (χ0n) is 12.5. The number of aliphatic hydroxyl groups is 1. The summed E-state index contributed by atoms with van der Waals surface area (Å²) in [4.78, 5) is 11.6. The molecule has 0 aromatic heterocycles. The molecule has 1 aromatic rings. The molecular formula is C15H20O6. The van der Waals surface area contributed by atoms with E-state index in [-0.39, 0.29) is 6.61 Å². The van der Waals surface area contributed by atoms with Crippen molar-refractivity contribution < 1.29 is 29.2 Å². The van der Waals surface area contributed by atoms with Gasteiger partial charge in [-0.1, -0.05) is 12.2 Å². The van der Waals surface area contributed by atoms with Gasteiger partial charge in [0.2, 0.25) is 5.75 Å². The van der Waals surface area contributed by atoms with Crippen LogP contribution in [0.2, 0.25) is 0 Å². The third kappa shape index (κ3) is 3.28. The number of aliphatic hydroxyl groups excluding tert-OH is 1. The van der Waals surface area contributed by atoms with Crippen molar-refractivity contribution in [2.75, 3.05) is 27.9 Å². The highest BCUT2D eigenvalue weighted by atomic mass is 16.5. The normalized spacial score (nSPS) is 13.8. The summed E-state index contributed by atoms with van der Waals surface area (Å²) in [6.45, 7) is 1.29. The molecule has 2 N–H and O–H groups in total. The van der Waals surface area contributed by atoms with Crippen LogP contribution in [-0.2, 0) is 10.2 Å². The van der Waals surface area contributed by atoms with Crippen LogP contribution in [0, 0.1) is 0 Å². The second kappa shape index (κ2) is 6.99. The van der Waals surface area contributed by atoms with Gasteiger partial charge in [-0.25, -0.2) is 0 Å². The number of benzene rings is 1. The highest BCUT2D eigenvalue weighted by Crippen LogP contribution is 2.41. The summed E-state index contributed by atoms with van der Waals surface area (Å²) in [6.07, 6.45) is 2.81. The summed E-state index contributed by atoms with van der Waals surface area (Å²) >= 11 is 0. The van der Waals surface area contributed by atoms with Gasteiger partial charge >= 0.3 is 5.97 Å². The van der Waals surface area contributed by atoms with Crippen molar-refractivity contribution in [3.05, 3.63) is 29.8 Å².